The van der Waals surface area contributed by atoms with Crippen molar-refractivity contribution >= 4 is 5.91 Å². The van der Waals surface area contributed by atoms with Crippen LogP contribution in [0.25, 0.3) is 0 Å². The second-order valence-corrected chi connectivity index (χ2v) is 6.53. The second kappa shape index (κ2) is 8.02. The SMILES string of the molecule is COc1cc(CN)ccc1Oc1ccc(C(=O)NCC2CC2(F)F)cc1OC. The number of carbonyl (C=O) groups is 1. The maximum atomic E-state index is 12.9. The van der Waals surface area contributed by atoms with Crippen LogP contribution in [0.4, 0.5) is 8.78 Å². The van der Waals surface area contributed by atoms with Crippen LogP contribution in [0.15, 0.2) is 36.4 Å². The van der Waals surface area contributed by atoms with Crippen LogP contribution in [0.3, 0.4) is 0 Å². The zero-order valence-electron chi connectivity index (χ0n) is 15.6. The van der Waals surface area contributed by atoms with Gasteiger partial charge in [-0.15, -0.1) is 0 Å². The van der Waals surface area contributed by atoms with Crippen LogP contribution in [0.2, 0.25) is 0 Å². The average molecular weight is 392 g/mol. The zero-order valence-corrected chi connectivity index (χ0v) is 15.6. The molecule has 6 nitrogen and oxygen atoms in total. The summed E-state index contributed by atoms with van der Waals surface area (Å²) in [5, 5.41) is 2.52. The van der Waals surface area contributed by atoms with Gasteiger partial charge in [0.05, 0.1) is 14.2 Å². The third-order valence-corrected chi connectivity index (χ3v) is 4.57. The number of rotatable bonds is 8. The maximum absolute atomic E-state index is 12.9. The summed E-state index contributed by atoms with van der Waals surface area (Å²) < 4.78 is 42.4. The highest BCUT2D eigenvalue weighted by atomic mass is 19.3. The highest BCUT2D eigenvalue weighted by Crippen LogP contribution is 2.48. The van der Waals surface area contributed by atoms with Gasteiger partial charge < -0.3 is 25.3 Å². The molecule has 3 N–H and O–H groups in total. The summed E-state index contributed by atoms with van der Waals surface area (Å²) in [7, 11) is 2.97. The zero-order chi connectivity index (χ0) is 20.3. The first-order chi connectivity index (χ1) is 13.4. The van der Waals surface area contributed by atoms with Gasteiger partial charge >= 0.3 is 0 Å². The van der Waals surface area contributed by atoms with Gasteiger partial charge in [-0.25, -0.2) is 8.78 Å². The molecule has 1 aliphatic rings. The maximum Gasteiger partial charge on any atom is 0.253 e. The summed E-state index contributed by atoms with van der Waals surface area (Å²) in [6.07, 6.45) is -0.186. The highest BCUT2D eigenvalue weighted by molar-refractivity contribution is 5.94. The lowest BCUT2D eigenvalue weighted by molar-refractivity contribution is 0.0895. The third kappa shape index (κ3) is 4.33. The van der Waals surface area contributed by atoms with Crippen LogP contribution in [0.1, 0.15) is 22.3 Å². The van der Waals surface area contributed by atoms with Crippen molar-refractivity contribution in [2.75, 3.05) is 20.8 Å². The van der Waals surface area contributed by atoms with E-state index in [9.17, 15) is 13.6 Å². The number of nitrogens with one attached hydrogen (secondary N) is 1. The highest BCUT2D eigenvalue weighted by Gasteiger charge is 2.56. The average Bonchev–Trinajstić information content (AvgIpc) is 3.33. The number of carbonyl (C=O) groups excluding carboxylic acids is 1. The molecule has 0 aliphatic heterocycles. The Balaban J connectivity index is 1.73. The smallest absolute Gasteiger partial charge is 0.253 e. The van der Waals surface area contributed by atoms with Crippen LogP contribution >= 0.6 is 0 Å². The molecule has 8 heteroatoms. The Morgan fingerprint density at radius 2 is 1.71 bits per heavy atom. The van der Waals surface area contributed by atoms with Gasteiger partial charge in [0, 0.05) is 31.0 Å². The van der Waals surface area contributed by atoms with E-state index in [1.165, 1.54) is 20.3 Å². The van der Waals surface area contributed by atoms with Crippen LogP contribution in [0.5, 0.6) is 23.0 Å². The van der Waals surface area contributed by atoms with Gasteiger partial charge in [0.1, 0.15) is 0 Å². The van der Waals surface area contributed by atoms with Crippen molar-refractivity contribution in [3.63, 3.8) is 0 Å². The first-order valence-corrected chi connectivity index (χ1v) is 8.77. The molecule has 0 spiro atoms. The van der Waals surface area contributed by atoms with Gasteiger partial charge in [0.25, 0.3) is 11.8 Å². The molecule has 0 heterocycles. The number of alkyl halides is 2. The molecule has 1 unspecified atom stereocenters. The van der Waals surface area contributed by atoms with E-state index in [1.54, 1.807) is 24.3 Å². The minimum atomic E-state index is -2.67. The molecule has 0 saturated heterocycles. The molecule has 1 atom stereocenters. The fourth-order valence-electron chi connectivity index (χ4n) is 2.74. The predicted octanol–water partition coefficient (Wildman–Crippen LogP) is 3.34. The summed E-state index contributed by atoms with van der Waals surface area (Å²) in [6.45, 7) is 0.313. The van der Waals surface area contributed by atoms with Crippen molar-refractivity contribution in [2.45, 2.75) is 18.9 Å². The van der Waals surface area contributed by atoms with E-state index in [2.05, 4.69) is 5.32 Å². The molecule has 150 valence electrons. The molecule has 1 aliphatic carbocycles. The Morgan fingerprint density at radius 3 is 2.29 bits per heavy atom. The monoisotopic (exact) mass is 392 g/mol. The van der Waals surface area contributed by atoms with Gasteiger partial charge in [-0.3, -0.25) is 4.79 Å². The Bertz CT molecular complexity index is 873. The summed E-state index contributed by atoms with van der Waals surface area (Å²) in [5.74, 6) is -2.21. The van der Waals surface area contributed by atoms with E-state index >= 15 is 0 Å². The van der Waals surface area contributed by atoms with Crippen molar-refractivity contribution in [3.8, 4) is 23.0 Å². The fourth-order valence-corrected chi connectivity index (χ4v) is 2.74. The first-order valence-electron chi connectivity index (χ1n) is 8.77. The number of halogens is 2. The molecule has 28 heavy (non-hydrogen) atoms. The van der Waals surface area contributed by atoms with E-state index in [0.717, 1.165) is 5.56 Å². The fraction of sp³-hybridized carbons (Fsp3) is 0.350. The topological polar surface area (TPSA) is 82.8 Å². The summed E-state index contributed by atoms with van der Waals surface area (Å²) in [4.78, 5) is 12.2. The van der Waals surface area contributed by atoms with Gasteiger partial charge in [-0.05, 0) is 35.9 Å². The number of benzene rings is 2. The first kappa shape index (κ1) is 19.9. The van der Waals surface area contributed by atoms with Gasteiger partial charge in [0.2, 0.25) is 0 Å². The lowest BCUT2D eigenvalue weighted by atomic mass is 10.1. The number of methoxy groups -OCH3 is 2. The number of nitrogens with two attached hydrogens (primary N) is 1. The minimum Gasteiger partial charge on any atom is -0.493 e. The molecular formula is C20H22F2N2O4. The van der Waals surface area contributed by atoms with Crippen molar-refractivity contribution < 1.29 is 27.8 Å². The van der Waals surface area contributed by atoms with Crippen LogP contribution in [-0.2, 0) is 6.54 Å². The van der Waals surface area contributed by atoms with Crippen molar-refractivity contribution in [1.82, 2.24) is 5.32 Å². The van der Waals surface area contributed by atoms with Crippen molar-refractivity contribution in [2.24, 2.45) is 11.7 Å². The molecular weight excluding hydrogens is 370 g/mol. The van der Waals surface area contributed by atoms with Crippen molar-refractivity contribution in [3.05, 3.63) is 47.5 Å². The van der Waals surface area contributed by atoms with Crippen molar-refractivity contribution in [1.29, 1.82) is 0 Å². The van der Waals surface area contributed by atoms with Crippen LogP contribution in [-0.4, -0.2) is 32.6 Å². The predicted molar refractivity (Wildman–Crippen MR) is 99.3 cm³/mol. The molecule has 2 aromatic carbocycles. The summed E-state index contributed by atoms with van der Waals surface area (Å²) >= 11 is 0. The van der Waals surface area contributed by atoms with E-state index < -0.39 is 17.7 Å². The van der Waals surface area contributed by atoms with Crippen LogP contribution in [0, 0.1) is 5.92 Å². The van der Waals surface area contributed by atoms with Crippen LogP contribution < -0.4 is 25.3 Å². The van der Waals surface area contributed by atoms with Gasteiger partial charge in [0.15, 0.2) is 23.0 Å². The number of amides is 1. The molecule has 1 amide bonds. The Hall–Kier alpha value is -2.87. The molecule has 1 fully saturated rings. The Kier molecular flexibility index (Phi) is 5.69. The molecule has 0 aromatic heterocycles. The Morgan fingerprint density at radius 1 is 1.11 bits per heavy atom. The lowest BCUT2D eigenvalue weighted by Gasteiger charge is -2.15. The van der Waals surface area contributed by atoms with Gasteiger partial charge in [-0.1, -0.05) is 6.07 Å². The quantitative estimate of drug-likeness (QED) is 0.720. The molecule has 1 saturated carbocycles. The minimum absolute atomic E-state index is 0.0584. The molecule has 0 radical (unpaired) electrons. The standard InChI is InChI=1S/C20H22F2N2O4/c1-26-17-7-12(10-23)3-5-15(17)28-16-6-4-13(8-18(16)27-2)19(25)24-11-14-9-20(14,21)22/h3-8,14H,9-11,23H2,1-2H3,(H,24,25). The molecule has 0 bridgehead atoms. The normalized spacial score (nSPS) is 17.0. The lowest BCUT2D eigenvalue weighted by Crippen LogP contribution is -2.26. The molecule has 2 aromatic rings. The third-order valence-electron chi connectivity index (χ3n) is 4.57. The second-order valence-electron chi connectivity index (χ2n) is 6.53. The summed E-state index contributed by atoms with van der Waals surface area (Å²) in [6, 6.07) is 9.94. The number of hydrogen-bond acceptors (Lipinski definition) is 5. The van der Waals surface area contributed by atoms with E-state index in [0.29, 0.717) is 35.1 Å². The van der Waals surface area contributed by atoms with E-state index in [1.807, 2.05) is 6.07 Å². The summed E-state index contributed by atoms with van der Waals surface area (Å²) in [5.41, 5.74) is 6.82. The largest absolute Gasteiger partial charge is 0.493 e. The molecule has 3 rings (SSSR count). The van der Waals surface area contributed by atoms with E-state index in [-0.39, 0.29) is 13.0 Å². The number of hydrogen-bond donors (Lipinski definition) is 2. The van der Waals surface area contributed by atoms with E-state index in [4.69, 9.17) is 19.9 Å². The Labute approximate surface area is 161 Å². The number of ether oxygens (including phenoxy) is 3. The van der Waals surface area contributed by atoms with Gasteiger partial charge in [-0.2, -0.15) is 0 Å².